The third kappa shape index (κ3) is 18.9. The molecule has 0 aromatic carbocycles. The lowest BCUT2D eigenvalue weighted by atomic mass is 10.0. The first kappa shape index (κ1) is 21.9. The van der Waals surface area contributed by atoms with Gasteiger partial charge in [0.1, 0.15) is 0 Å². The Morgan fingerprint density at radius 1 is 0.783 bits per heavy atom. The fourth-order valence-corrected chi connectivity index (χ4v) is 2.52. The van der Waals surface area contributed by atoms with Crippen LogP contribution < -0.4 is 0 Å². The Hall–Kier alpha value is -1.06. The van der Waals surface area contributed by atoms with Crippen molar-refractivity contribution in [2.24, 2.45) is 5.92 Å². The van der Waals surface area contributed by atoms with Crippen LogP contribution in [0.1, 0.15) is 97.3 Å². The third-order valence-electron chi connectivity index (χ3n) is 3.96. The smallest absolute Gasteiger partial charge is 0.305 e. The first-order valence-electron chi connectivity index (χ1n) is 9.39. The van der Waals surface area contributed by atoms with Gasteiger partial charge in [-0.05, 0) is 25.2 Å². The highest BCUT2D eigenvalue weighted by Crippen LogP contribution is 2.11. The van der Waals surface area contributed by atoms with Crippen LogP contribution in [0.25, 0.3) is 0 Å². The first-order valence-corrected chi connectivity index (χ1v) is 9.39. The molecule has 4 nitrogen and oxygen atoms in total. The van der Waals surface area contributed by atoms with Crippen LogP contribution in [0.2, 0.25) is 0 Å². The van der Waals surface area contributed by atoms with E-state index in [2.05, 4.69) is 13.8 Å². The highest BCUT2D eigenvalue weighted by Gasteiger charge is 2.03. The number of rotatable bonds is 16. The van der Waals surface area contributed by atoms with E-state index in [9.17, 15) is 9.59 Å². The standard InChI is InChI=1S/C19H36O4/c1-17(2)13-9-5-4-8-12-16-23-19(22)15-11-7-3-6-10-14-18(20)21/h17H,3-16H2,1-2H3,(H,20,21). The Bertz CT molecular complexity index is 300. The molecule has 0 aromatic rings. The second-order valence-corrected chi connectivity index (χ2v) is 6.83. The minimum Gasteiger partial charge on any atom is -0.481 e. The molecule has 4 heteroatoms. The number of aliphatic carboxylic acids is 1. The van der Waals surface area contributed by atoms with Crippen molar-refractivity contribution >= 4 is 11.9 Å². The summed E-state index contributed by atoms with van der Waals surface area (Å²) in [6.07, 6.45) is 12.5. The van der Waals surface area contributed by atoms with Crippen LogP contribution in [0.3, 0.4) is 0 Å². The second-order valence-electron chi connectivity index (χ2n) is 6.83. The van der Waals surface area contributed by atoms with Crippen LogP contribution in [0.15, 0.2) is 0 Å². The summed E-state index contributed by atoms with van der Waals surface area (Å²) in [5, 5.41) is 8.51. The van der Waals surface area contributed by atoms with Gasteiger partial charge in [-0.15, -0.1) is 0 Å². The van der Waals surface area contributed by atoms with Gasteiger partial charge in [0.05, 0.1) is 6.61 Å². The van der Waals surface area contributed by atoms with Gasteiger partial charge in [0.25, 0.3) is 0 Å². The van der Waals surface area contributed by atoms with E-state index in [4.69, 9.17) is 9.84 Å². The molecule has 0 bridgehead atoms. The molecule has 0 aromatic heterocycles. The Morgan fingerprint density at radius 2 is 1.30 bits per heavy atom. The van der Waals surface area contributed by atoms with Crippen molar-refractivity contribution in [2.45, 2.75) is 97.3 Å². The number of carboxylic acid groups (broad SMARTS) is 1. The molecule has 0 heterocycles. The lowest BCUT2D eigenvalue weighted by Gasteiger charge is -2.06. The number of carbonyl (C=O) groups excluding carboxylic acids is 1. The van der Waals surface area contributed by atoms with E-state index in [-0.39, 0.29) is 12.4 Å². The monoisotopic (exact) mass is 328 g/mol. The molecule has 23 heavy (non-hydrogen) atoms. The van der Waals surface area contributed by atoms with Gasteiger partial charge in [-0.3, -0.25) is 9.59 Å². The highest BCUT2D eigenvalue weighted by atomic mass is 16.5. The van der Waals surface area contributed by atoms with E-state index in [1.165, 1.54) is 25.7 Å². The molecule has 0 unspecified atom stereocenters. The predicted molar refractivity (Wildman–Crippen MR) is 93.5 cm³/mol. The molecule has 0 saturated heterocycles. The topological polar surface area (TPSA) is 63.6 Å². The minimum absolute atomic E-state index is 0.0876. The third-order valence-corrected chi connectivity index (χ3v) is 3.96. The average molecular weight is 328 g/mol. The summed E-state index contributed by atoms with van der Waals surface area (Å²) >= 11 is 0. The molecule has 0 aliphatic carbocycles. The summed E-state index contributed by atoms with van der Waals surface area (Å²) in [6, 6.07) is 0. The highest BCUT2D eigenvalue weighted by molar-refractivity contribution is 5.69. The van der Waals surface area contributed by atoms with E-state index in [1.54, 1.807) is 0 Å². The van der Waals surface area contributed by atoms with Crippen LogP contribution in [0.4, 0.5) is 0 Å². The van der Waals surface area contributed by atoms with Crippen molar-refractivity contribution in [2.75, 3.05) is 6.61 Å². The van der Waals surface area contributed by atoms with Gasteiger partial charge in [-0.2, -0.15) is 0 Å². The Morgan fingerprint density at radius 3 is 1.91 bits per heavy atom. The van der Waals surface area contributed by atoms with Crippen molar-refractivity contribution in [1.29, 1.82) is 0 Å². The molecule has 0 aliphatic rings. The maximum Gasteiger partial charge on any atom is 0.305 e. The molecule has 0 saturated carbocycles. The maximum absolute atomic E-state index is 11.5. The van der Waals surface area contributed by atoms with Crippen molar-refractivity contribution < 1.29 is 19.4 Å². The van der Waals surface area contributed by atoms with Crippen molar-refractivity contribution in [1.82, 2.24) is 0 Å². The molecule has 0 atom stereocenters. The van der Waals surface area contributed by atoms with E-state index in [0.717, 1.165) is 50.9 Å². The molecule has 136 valence electrons. The number of hydrogen-bond acceptors (Lipinski definition) is 3. The van der Waals surface area contributed by atoms with Gasteiger partial charge in [-0.25, -0.2) is 0 Å². The number of hydrogen-bond donors (Lipinski definition) is 1. The Kier molecular flexibility index (Phi) is 15.1. The quantitative estimate of drug-likeness (QED) is 0.307. The second kappa shape index (κ2) is 15.8. The summed E-state index contributed by atoms with van der Waals surface area (Å²) in [4.78, 5) is 21.9. The average Bonchev–Trinajstić information content (AvgIpc) is 2.48. The lowest BCUT2D eigenvalue weighted by molar-refractivity contribution is -0.144. The number of esters is 1. The molecule has 0 fully saturated rings. The lowest BCUT2D eigenvalue weighted by Crippen LogP contribution is -2.05. The van der Waals surface area contributed by atoms with E-state index < -0.39 is 5.97 Å². The summed E-state index contributed by atoms with van der Waals surface area (Å²) in [7, 11) is 0. The fraction of sp³-hybridized carbons (Fsp3) is 0.895. The molecule has 1 N–H and O–H groups in total. The molecule has 0 amide bonds. The maximum atomic E-state index is 11.5. The van der Waals surface area contributed by atoms with Crippen LogP contribution in [-0.4, -0.2) is 23.7 Å². The normalized spacial score (nSPS) is 10.9. The molecule has 0 rings (SSSR count). The number of carboxylic acids is 1. The zero-order valence-electron chi connectivity index (χ0n) is 15.1. The van der Waals surface area contributed by atoms with Gasteiger partial charge in [-0.1, -0.05) is 65.2 Å². The SMILES string of the molecule is CC(C)CCCCCCCOC(=O)CCCCCCCC(=O)O. The van der Waals surface area contributed by atoms with Crippen LogP contribution in [-0.2, 0) is 14.3 Å². The predicted octanol–water partition coefficient (Wildman–Crippen LogP) is 5.34. The largest absolute Gasteiger partial charge is 0.481 e. The molecule has 0 spiro atoms. The van der Waals surface area contributed by atoms with Crippen molar-refractivity contribution in [3.63, 3.8) is 0 Å². The van der Waals surface area contributed by atoms with Gasteiger partial charge in [0, 0.05) is 12.8 Å². The number of unbranched alkanes of at least 4 members (excludes halogenated alkanes) is 8. The van der Waals surface area contributed by atoms with Crippen molar-refractivity contribution in [3.05, 3.63) is 0 Å². The van der Waals surface area contributed by atoms with Gasteiger partial charge >= 0.3 is 11.9 Å². The van der Waals surface area contributed by atoms with Gasteiger partial charge < -0.3 is 9.84 Å². The summed E-state index contributed by atoms with van der Waals surface area (Å²) < 4.78 is 5.23. The van der Waals surface area contributed by atoms with E-state index >= 15 is 0 Å². The van der Waals surface area contributed by atoms with E-state index in [0.29, 0.717) is 13.0 Å². The summed E-state index contributed by atoms with van der Waals surface area (Å²) in [5.41, 5.74) is 0. The Balaban J connectivity index is 3.20. The molecule has 0 radical (unpaired) electrons. The van der Waals surface area contributed by atoms with Gasteiger partial charge in [0.15, 0.2) is 0 Å². The minimum atomic E-state index is -0.728. The Labute approximate surface area is 142 Å². The first-order chi connectivity index (χ1) is 11.0. The van der Waals surface area contributed by atoms with Crippen LogP contribution in [0, 0.1) is 5.92 Å². The number of carbonyl (C=O) groups is 2. The van der Waals surface area contributed by atoms with Crippen molar-refractivity contribution in [3.8, 4) is 0 Å². The fourth-order valence-electron chi connectivity index (χ4n) is 2.52. The van der Waals surface area contributed by atoms with E-state index in [1.807, 2.05) is 0 Å². The van der Waals surface area contributed by atoms with Gasteiger partial charge in [0.2, 0.25) is 0 Å². The zero-order chi connectivity index (χ0) is 17.3. The molecular weight excluding hydrogens is 292 g/mol. The van der Waals surface area contributed by atoms with Crippen LogP contribution in [0.5, 0.6) is 0 Å². The summed E-state index contributed by atoms with van der Waals surface area (Å²) in [5.74, 6) is -0.0167. The number of ether oxygens (including phenoxy) is 1. The zero-order valence-corrected chi connectivity index (χ0v) is 15.1. The molecule has 0 aliphatic heterocycles. The molecular formula is C19H36O4. The summed E-state index contributed by atoms with van der Waals surface area (Å²) in [6.45, 7) is 5.08. The van der Waals surface area contributed by atoms with Crippen LogP contribution >= 0.6 is 0 Å².